The first-order valence-corrected chi connectivity index (χ1v) is 9.41. The van der Waals surface area contributed by atoms with Crippen molar-refractivity contribution in [1.29, 1.82) is 0 Å². The lowest BCUT2D eigenvalue weighted by molar-refractivity contribution is -0.135. The largest absolute Gasteiger partial charge is 0.348 e. The van der Waals surface area contributed by atoms with Gasteiger partial charge in [-0.25, -0.2) is 4.79 Å². The minimum Gasteiger partial charge on any atom is -0.348 e. The molecule has 2 aromatic rings. The zero-order valence-electron chi connectivity index (χ0n) is 15.3. The van der Waals surface area contributed by atoms with Crippen LogP contribution in [-0.4, -0.2) is 34.8 Å². The number of rotatable bonds is 4. The van der Waals surface area contributed by atoms with Gasteiger partial charge in [-0.1, -0.05) is 55.3 Å². The normalized spacial score (nSPS) is 19.5. The molecule has 4 rings (SSSR count). The molecule has 2 N–H and O–H groups in total. The molecule has 27 heavy (non-hydrogen) atoms. The Labute approximate surface area is 157 Å². The van der Waals surface area contributed by atoms with Gasteiger partial charge in [0, 0.05) is 0 Å². The molecule has 1 aliphatic heterocycles. The van der Waals surface area contributed by atoms with Gasteiger partial charge < -0.3 is 10.6 Å². The Balaban J connectivity index is 1.46. The molecule has 1 saturated carbocycles. The monoisotopic (exact) mass is 365 g/mol. The lowest BCUT2D eigenvalue weighted by Crippen LogP contribution is -2.45. The highest BCUT2D eigenvalue weighted by Crippen LogP contribution is 2.35. The van der Waals surface area contributed by atoms with Crippen LogP contribution in [0.2, 0.25) is 0 Å². The first kappa shape index (κ1) is 17.5. The van der Waals surface area contributed by atoms with E-state index in [-0.39, 0.29) is 24.4 Å². The maximum absolute atomic E-state index is 12.7. The van der Waals surface area contributed by atoms with E-state index in [0.717, 1.165) is 34.1 Å². The smallest absolute Gasteiger partial charge is 0.325 e. The van der Waals surface area contributed by atoms with Gasteiger partial charge in [0.05, 0.1) is 6.04 Å². The Morgan fingerprint density at radius 2 is 1.85 bits per heavy atom. The van der Waals surface area contributed by atoms with Crippen molar-refractivity contribution in [2.45, 2.75) is 44.2 Å². The van der Waals surface area contributed by atoms with Crippen molar-refractivity contribution in [3.05, 3.63) is 48.0 Å². The van der Waals surface area contributed by atoms with Crippen LogP contribution in [0.4, 0.5) is 4.79 Å². The maximum Gasteiger partial charge on any atom is 0.325 e. The molecule has 0 unspecified atom stereocenters. The third-order valence-electron chi connectivity index (χ3n) is 5.67. The van der Waals surface area contributed by atoms with Crippen LogP contribution in [-0.2, 0) is 9.59 Å². The highest BCUT2D eigenvalue weighted by atomic mass is 16.2. The summed E-state index contributed by atoms with van der Waals surface area (Å²) in [4.78, 5) is 38.5. The van der Waals surface area contributed by atoms with Gasteiger partial charge in [0.15, 0.2) is 0 Å². The number of carbonyl (C=O) groups is 3. The molecule has 1 spiro atoms. The summed E-state index contributed by atoms with van der Waals surface area (Å²) in [6, 6.07) is 13.3. The Kier molecular flexibility index (Phi) is 4.34. The minimum absolute atomic E-state index is 0.232. The standard InChI is InChI=1S/C21H23N3O3/c1-14(16-10-6-8-15-7-2-3-9-17(15)16)22-18(25)13-24-19(26)21(23-20(24)27)11-4-5-12-21/h2-3,6-10,14H,4-5,11-13H2,1H3,(H,22,25)(H,23,27)/t14-/m0/s1. The second kappa shape index (κ2) is 6.68. The highest BCUT2D eigenvalue weighted by Gasteiger charge is 2.52. The summed E-state index contributed by atoms with van der Waals surface area (Å²) in [5.41, 5.74) is 0.226. The molecule has 2 aliphatic rings. The fourth-order valence-electron chi connectivity index (χ4n) is 4.27. The molecular formula is C21H23N3O3. The van der Waals surface area contributed by atoms with Crippen LogP contribution < -0.4 is 10.6 Å². The molecule has 6 heteroatoms. The number of nitrogens with zero attached hydrogens (tertiary/aromatic N) is 1. The van der Waals surface area contributed by atoms with Gasteiger partial charge in [-0.05, 0) is 36.1 Å². The van der Waals surface area contributed by atoms with E-state index in [1.807, 2.05) is 49.4 Å². The number of urea groups is 1. The van der Waals surface area contributed by atoms with E-state index in [4.69, 9.17) is 0 Å². The summed E-state index contributed by atoms with van der Waals surface area (Å²) in [7, 11) is 0. The Morgan fingerprint density at radius 3 is 2.63 bits per heavy atom. The Morgan fingerprint density at radius 1 is 1.15 bits per heavy atom. The highest BCUT2D eigenvalue weighted by molar-refractivity contribution is 6.09. The molecule has 2 aromatic carbocycles. The average Bonchev–Trinajstić information content (AvgIpc) is 3.22. The third-order valence-corrected chi connectivity index (χ3v) is 5.67. The summed E-state index contributed by atoms with van der Waals surface area (Å²) in [5, 5.41) is 7.91. The molecular weight excluding hydrogens is 342 g/mol. The van der Waals surface area contributed by atoms with E-state index in [1.165, 1.54) is 0 Å². The van der Waals surface area contributed by atoms with Crippen LogP contribution >= 0.6 is 0 Å². The molecule has 0 radical (unpaired) electrons. The van der Waals surface area contributed by atoms with Crippen LogP contribution in [0.15, 0.2) is 42.5 Å². The minimum atomic E-state index is -0.779. The van der Waals surface area contributed by atoms with Crippen LogP contribution in [0.1, 0.15) is 44.2 Å². The Bertz CT molecular complexity index is 913. The van der Waals surface area contributed by atoms with Crippen LogP contribution in [0.3, 0.4) is 0 Å². The maximum atomic E-state index is 12.7. The average molecular weight is 365 g/mol. The second-order valence-electron chi connectivity index (χ2n) is 7.47. The summed E-state index contributed by atoms with van der Waals surface area (Å²) >= 11 is 0. The summed E-state index contributed by atoms with van der Waals surface area (Å²) in [6.45, 7) is 1.66. The number of carbonyl (C=O) groups excluding carboxylic acids is 3. The molecule has 0 aromatic heterocycles. The van der Waals surface area contributed by atoms with Gasteiger partial charge in [0.2, 0.25) is 5.91 Å². The van der Waals surface area contributed by atoms with Crippen LogP contribution in [0.5, 0.6) is 0 Å². The van der Waals surface area contributed by atoms with Crippen molar-refractivity contribution in [1.82, 2.24) is 15.5 Å². The topological polar surface area (TPSA) is 78.5 Å². The van der Waals surface area contributed by atoms with Crippen molar-refractivity contribution in [3.8, 4) is 0 Å². The molecule has 1 atom stereocenters. The molecule has 1 heterocycles. The lowest BCUT2D eigenvalue weighted by atomic mass is 9.98. The molecule has 140 valence electrons. The van der Waals surface area contributed by atoms with E-state index in [1.54, 1.807) is 0 Å². The fourth-order valence-corrected chi connectivity index (χ4v) is 4.27. The second-order valence-corrected chi connectivity index (χ2v) is 7.47. The van der Waals surface area contributed by atoms with Gasteiger partial charge in [-0.2, -0.15) is 0 Å². The number of fused-ring (bicyclic) bond motifs is 1. The molecule has 0 bridgehead atoms. The summed E-state index contributed by atoms with van der Waals surface area (Å²) in [6.07, 6.45) is 3.15. The fraction of sp³-hybridized carbons (Fsp3) is 0.381. The van der Waals surface area contributed by atoms with E-state index in [2.05, 4.69) is 10.6 Å². The number of hydrogen-bond acceptors (Lipinski definition) is 3. The molecule has 6 nitrogen and oxygen atoms in total. The zero-order valence-corrected chi connectivity index (χ0v) is 15.3. The molecule has 2 fully saturated rings. The molecule has 1 aliphatic carbocycles. The van der Waals surface area contributed by atoms with Crippen molar-refractivity contribution in [2.75, 3.05) is 6.54 Å². The van der Waals surface area contributed by atoms with Gasteiger partial charge in [-0.3, -0.25) is 14.5 Å². The summed E-state index contributed by atoms with van der Waals surface area (Å²) in [5.74, 6) is -0.605. The molecule has 1 saturated heterocycles. The predicted octanol–water partition coefficient (Wildman–Crippen LogP) is 2.88. The molecule has 4 amide bonds. The third kappa shape index (κ3) is 3.05. The SMILES string of the molecule is C[C@H](NC(=O)CN1C(=O)NC2(CCCC2)C1=O)c1cccc2ccccc12. The number of amides is 4. The number of nitrogens with one attached hydrogen (secondary N) is 2. The van der Waals surface area contributed by atoms with Gasteiger partial charge in [0.1, 0.15) is 12.1 Å². The van der Waals surface area contributed by atoms with E-state index < -0.39 is 11.6 Å². The van der Waals surface area contributed by atoms with Gasteiger partial charge >= 0.3 is 6.03 Å². The van der Waals surface area contributed by atoms with Gasteiger partial charge in [0.25, 0.3) is 5.91 Å². The number of imide groups is 1. The van der Waals surface area contributed by atoms with Gasteiger partial charge in [-0.15, -0.1) is 0 Å². The lowest BCUT2D eigenvalue weighted by Gasteiger charge is -2.21. The van der Waals surface area contributed by atoms with E-state index >= 15 is 0 Å². The first-order chi connectivity index (χ1) is 13.0. The summed E-state index contributed by atoms with van der Waals surface area (Å²) < 4.78 is 0. The first-order valence-electron chi connectivity index (χ1n) is 9.41. The van der Waals surface area contributed by atoms with Crippen LogP contribution in [0, 0.1) is 0 Å². The number of benzene rings is 2. The predicted molar refractivity (Wildman–Crippen MR) is 102 cm³/mol. The van der Waals surface area contributed by atoms with Crippen molar-refractivity contribution in [2.24, 2.45) is 0 Å². The van der Waals surface area contributed by atoms with Crippen molar-refractivity contribution < 1.29 is 14.4 Å². The van der Waals surface area contributed by atoms with Crippen molar-refractivity contribution >= 4 is 28.6 Å². The zero-order chi connectivity index (χ0) is 19.0. The number of hydrogen-bond donors (Lipinski definition) is 2. The van der Waals surface area contributed by atoms with Crippen molar-refractivity contribution in [3.63, 3.8) is 0 Å². The Hall–Kier alpha value is -2.89. The van der Waals surface area contributed by atoms with E-state index in [9.17, 15) is 14.4 Å². The quantitative estimate of drug-likeness (QED) is 0.818. The van der Waals surface area contributed by atoms with Crippen LogP contribution in [0.25, 0.3) is 10.8 Å². The van der Waals surface area contributed by atoms with E-state index in [0.29, 0.717) is 12.8 Å².